The van der Waals surface area contributed by atoms with E-state index in [0.717, 1.165) is 19.1 Å². The molecule has 0 aromatic carbocycles. The number of nitrogens with two attached hydrogens (primary N) is 1. The maximum Gasteiger partial charge on any atom is 0.259 e. The minimum atomic E-state index is -0.907. The lowest BCUT2D eigenvalue weighted by Gasteiger charge is -1.89. The molecule has 5 nitrogen and oxygen atoms in total. The highest BCUT2D eigenvalue weighted by Gasteiger charge is 2.02. The lowest BCUT2D eigenvalue weighted by molar-refractivity contribution is -0.116. The lowest BCUT2D eigenvalue weighted by atomic mass is 10.2. The van der Waals surface area contributed by atoms with Crippen LogP contribution in [0.5, 0.6) is 0 Å². The van der Waals surface area contributed by atoms with Gasteiger partial charge in [-0.05, 0) is 12.2 Å². The Hall–Kier alpha value is -2.09. The van der Waals surface area contributed by atoms with E-state index in [9.17, 15) is 9.59 Å². The van der Waals surface area contributed by atoms with Crippen LogP contribution in [0.2, 0.25) is 0 Å². The normalized spacial score (nSPS) is 12.0. The van der Waals surface area contributed by atoms with Crippen LogP contribution < -0.4 is 5.73 Å². The first-order valence-corrected chi connectivity index (χ1v) is 3.30. The van der Waals surface area contributed by atoms with Gasteiger partial charge in [0.25, 0.3) is 5.91 Å². The zero-order valence-corrected chi connectivity index (χ0v) is 6.94. The van der Waals surface area contributed by atoms with Crippen molar-refractivity contribution in [2.45, 2.75) is 6.92 Å². The standard InChI is InChI=1S/C8H8N2O3/c1-5(11)7(12)3-2-6(4-9)8(10)13/h2-3,12H,1H3,(H2,10,13)/b6-2-,7-3-. The largest absolute Gasteiger partial charge is 0.504 e. The molecule has 0 fully saturated rings. The van der Waals surface area contributed by atoms with Gasteiger partial charge >= 0.3 is 0 Å². The van der Waals surface area contributed by atoms with Crippen LogP contribution in [0.15, 0.2) is 23.5 Å². The molecule has 0 saturated carbocycles. The quantitative estimate of drug-likeness (QED) is 0.275. The van der Waals surface area contributed by atoms with Gasteiger partial charge in [-0.2, -0.15) is 5.26 Å². The van der Waals surface area contributed by atoms with E-state index in [1.165, 1.54) is 6.07 Å². The van der Waals surface area contributed by atoms with E-state index in [-0.39, 0.29) is 5.57 Å². The molecule has 13 heavy (non-hydrogen) atoms. The Morgan fingerprint density at radius 2 is 2.00 bits per heavy atom. The van der Waals surface area contributed by atoms with Crippen molar-refractivity contribution in [3.05, 3.63) is 23.5 Å². The fourth-order valence-electron chi connectivity index (χ4n) is 0.454. The number of allylic oxidation sites excluding steroid dienone is 3. The molecule has 0 aliphatic rings. The number of hydrogen-bond donors (Lipinski definition) is 2. The molecule has 0 heterocycles. The Bertz CT molecular complexity index is 334. The number of ketones is 1. The van der Waals surface area contributed by atoms with Gasteiger partial charge in [0.1, 0.15) is 11.6 Å². The molecule has 0 aromatic heterocycles. The number of nitrogens with zero attached hydrogens (tertiary/aromatic N) is 1. The Balaban J connectivity index is 4.77. The molecule has 0 atom stereocenters. The third-order valence-corrected chi connectivity index (χ3v) is 1.15. The summed E-state index contributed by atoms with van der Waals surface area (Å²) in [6, 6.07) is 1.52. The zero-order valence-electron chi connectivity index (χ0n) is 6.94. The first kappa shape index (κ1) is 10.9. The van der Waals surface area contributed by atoms with E-state index in [1.54, 1.807) is 0 Å². The second-order valence-corrected chi connectivity index (χ2v) is 2.16. The number of Topliss-reactive ketones (excluding diaryl/α,β-unsaturated/α-hetero) is 1. The van der Waals surface area contributed by atoms with Crippen molar-refractivity contribution in [1.29, 1.82) is 5.26 Å². The number of rotatable bonds is 3. The number of carbonyl (C=O) groups is 2. The number of primary amides is 1. The van der Waals surface area contributed by atoms with Gasteiger partial charge < -0.3 is 10.8 Å². The average Bonchev–Trinajstić information content (AvgIpc) is 2.04. The van der Waals surface area contributed by atoms with Crippen molar-refractivity contribution in [3.8, 4) is 6.07 Å². The number of aliphatic hydroxyl groups is 1. The maximum absolute atomic E-state index is 10.5. The summed E-state index contributed by atoms with van der Waals surface area (Å²) in [6.45, 7) is 1.15. The molecule has 68 valence electrons. The van der Waals surface area contributed by atoms with Crippen molar-refractivity contribution in [1.82, 2.24) is 0 Å². The van der Waals surface area contributed by atoms with Crippen LogP contribution in [0.1, 0.15) is 6.92 Å². The summed E-state index contributed by atoms with van der Waals surface area (Å²) in [5.74, 6) is -2.00. The van der Waals surface area contributed by atoms with E-state index in [1.807, 2.05) is 0 Å². The third-order valence-electron chi connectivity index (χ3n) is 1.15. The molecule has 1 amide bonds. The highest BCUT2D eigenvalue weighted by molar-refractivity contribution is 5.97. The molecule has 0 aliphatic carbocycles. The van der Waals surface area contributed by atoms with E-state index >= 15 is 0 Å². The van der Waals surface area contributed by atoms with Gasteiger partial charge in [-0.1, -0.05) is 0 Å². The van der Waals surface area contributed by atoms with E-state index in [0.29, 0.717) is 0 Å². The summed E-state index contributed by atoms with van der Waals surface area (Å²) >= 11 is 0. The molecule has 5 heteroatoms. The fraction of sp³-hybridized carbons (Fsp3) is 0.125. The van der Waals surface area contributed by atoms with Crippen LogP contribution in [0.3, 0.4) is 0 Å². The molecule has 3 N–H and O–H groups in total. The minimum Gasteiger partial charge on any atom is -0.504 e. The van der Waals surface area contributed by atoms with Gasteiger partial charge in [0.15, 0.2) is 11.5 Å². The van der Waals surface area contributed by atoms with Crippen LogP contribution >= 0.6 is 0 Å². The van der Waals surface area contributed by atoms with Crippen molar-refractivity contribution < 1.29 is 14.7 Å². The van der Waals surface area contributed by atoms with Crippen molar-refractivity contribution >= 4 is 11.7 Å². The molecule has 0 saturated heterocycles. The van der Waals surface area contributed by atoms with E-state index in [4.69, 9.17) is 16.1 Å². The highest BCUT2D eigenvalue weighted by Crippen LogP contribution is 1.95. The average molecular weight is 180 g/mol. The van der Waals surface area contributed by atoms with Crippen LogP contribution in [0.4, 0.5) is 0 Å². The van der Waals surface area contributed by atoms with E-state index in [2.05, 4.69) is 0 Å². The molecule has 0 aromatic rings. The second-order valence-electron chi connectivity index (χ2n) is 2.16. The molecule has 0 unspecified atom stereocenters. The number of hydrogen-bond acceptors (Lipinski definition) is 4. The summed E-state index contributed by atoms with van der Waals surface area (Å²) in [5, 5.41) is 17.2. The Labute approximate surface area is 74.8 Å². The second kappa shape index (κ2) is 4.72. The predicted octanol–water partition coefficient (Wildman–Crippen LogP) is -0.0474. The first-order valence-electron chi connectivity index (χ1n) is 3.30. The summed E-state index contributed by atoms with van der Waals surface area (Å²) in [4.78, 5) is 20.9. The van der Waals surface area contributed by atoms with Crippen LogP contribution in [-0.2, 0) is 9.59 Å². The SMILES string of the molecule is CC(=O)/C(O)=C/C=C(/C#N)C(N)=O. The molecular formula is C8H8N2O3. The third kappa shape index (κ3) is 3.72. The van der Waals surface area contributed by atoms with Crippen LogP contribution in [0.25, 0.3) is 0 Å². The molecule has 0 bridgehead atoms. The van der Waals surface area contributed by atoms with Gasteiger partial charge in [0.2, 0.25) is 0 Å². The summed E-state index contributed by atoms with van der Waals surface area (Å²) in [7, 11) is 0. The molecule has 0 radical (unpaired) electrons. The minimum absolute atomic E-state index is 0.326. The maximum atomic E-state index is 10.5. The number of nitriles is 1. The monoisotopic (exact) mass is 180 g/mol. The number of amides is 1. The van der Waals surface area contributed by atoms with E-state index < -0.39 is 17.4 Å². The highest BCUT2D eigenvalue weighted by atomic mass is 16.3. The zero-order chi connectivity index (χ0) is 10.4. The molecule has 0 rings (SSSR count). The number of aliphatic hydroxyl groups excluding tert-OH is 1. The Morgan fingerprint density at radius 3 is 2.31 bits per heavy atom. The van der Waals surface area contributed by atoms with Crippen LogP contribution in [-0.4, -0.2) is 16.8 Å². The Morgan fingerprint density at radius 1 is 1.46 bits per heavy atom. The Kier molecular flexibility index (Phi) is 3.96. The topological polar surface area (TPSA) is 104 Å². The van der Waals surface area contributed by atoms with Crippen LogP contribution in [0, 0.1) is 11.3 Å². The van der Waals surface area contributed by atoms with Gasteiger partial charge in [0, 0.05) is 6.92 Å². The van der Waals surface area contributed by atoms with Gasteiger partial charge in [-0.15, -0.1) is 0 Å². The molecule has 0 spiro atoms. The predicted molar refractivity (Wildman–Crippen MR) is 44.3 cm³/mol. The summed E-state index contributed by atoms with van der Waals surface area (Å²) < 4.78 is 0. The summed E-state index contributed by atoms with van der Waals surface area (Å²) in [5.41, 5.74) is 4.46. The van der Waals surface area contributed by atoms with Crippen molar-refractivity contribution in [2.75, 3.05) is 0 Å². The van der Waals surface area contributed by atoms with Crippen molar-refractivity contribution in [2.24, 2.45) is 5.73 Å². The first-order chi connectivity index (χ1) is 5.99. The fourth-order valence-corrected chi connectivity index (χ4v) is 0.454. The lowest BCUT2D eigenvalue weighted by Crippen LogP contribution is -2.12. The smallest absolute Gasteiger partial charge is 0.259 e. The molecule has 0 aliphatic heterocycles. The summed E-state index contributed by atoms with van der Waals surface area (Å²) in [6.07, 6.45) is 1.94. The van der Waals surface area contributed by atoms with Gasteiger partial charge in [0.05, 0.1) is 0 Å². The van der Waals surface area contributed by atoms with Gasteiger partial charge in [-0.3, -0.25) is 9.59 Å². The number of carbonyl (C=O) groups excluding carboxylic acids is 2. The van der Waals surface area contributed by atoms with Crippen molar-refractivity contribution in [3.63, 3.8) is 0 Å². The van der Waals surface area contributed by atoms with Gasteiger partial charge in [-0.25, -0.2) is 0 Å². The molecular weight excluding hydrogens is 172 g/mol.